The first-order chi connectivity index (χ1) is 9.04. The van der Waals surface area contributed by atoms with Crippen LogP contribution in [-0.2, 0) is 23.7 Å². The molecule has 0 saturated heterocycles. The molecule has 1 aromatic rings. The zero-order chi connectivity index (χ0) is 15.6. The summed E-state index contributed by atoms with van der Waals surface area (Å²) in [5.74, 6) is 0. The molecule has 0 radical (unpaired) electrons. The highest BCUT2D eigenvalue weighted by atomic mass is 19.4. The van der Waals surface area contributed by atoms with Crippen LogP contribution >= 0.6 is 0 Å². The molecule has 0 aromatic heterocycles. The average Bonchev–Trinajstić information content (AvgIpc) is 2.33. The van der Waals surface area contributed by atoms with Crippen LogP contribution in [0.15, 0.2) is 18.2 Å². The van der Waals surface area contributed by atoms with Gasteiger partial charge in [-0.25, -0.2) is 0 Å². The molecule has 1 rings (SSSR count). The zero-order valence-corrected chi connectivity index (χ0v) is 10.9. The van der Waals surface area contributed by atoms with Gasteiger partial charge < -0.3 is 4.74 Å². The van der Waals surface area contributed by atoms with Gasteiger partial charge >= 0.3 is 12.4 Å². The van der Waals surface area contributed by atoms with Crippen LogP contribution in [0.25, 0.3) is 0 Å². The lowest BCUT2D eigenvalue weighted by atomic mass is 10.1. The van der Waals surface area contributed by atoms with Gasteiger partial charge in [-0.05, 0) is 37.1 Å². The van der Waals surface area contributed by atoms with Crippen molar-refractivity contribution in [2.75, 3.05) is 0 Å². The maximum absolute atomic E-state index is 12.6. The lowest BCUT2D eigenvalue weighted by Gasteiger charge is -2.15. The van der Waals surface area contributed by atoms with E-state index in [9.17, 15) is 26.3 Å². The predicted octanol–water partition coefficient (Wildman–Crippen LogP) is 5.04. The van der Waals surface area contributed by atoms with Crippen molar-refractivity contribution in [2.45, 2.75) is 45.3 Å². The van der Waals surface area contributed by atoms with Crippen LogP contribution in [0.5, 0.6) is 0 Å². The van der Waals surface area contributed by atoms with E-state index in [1.165, 1.54) is 0 Å². The van der Waals surface area contributed by atoms with Gasteiger partial charge in [-0.2, -0.15) is 26.3 Å². The Kier molecular flexibility index (Phi) is 5.07. The fourth-order valence-electron chi connectivity index (χ4n) is 1.46. The molecule has 0 amide bonds. The summed E-state index contributed by atoms with van der Waals surface area (Å²) in [5, 5.41) is 0. The van der Waals surface area contributed by atoms with Crippen molar-refractivity contribution in [3.05, 3.63) is 34.9 Å². The summed E-state index contributed by atoms with van der Waals surface area (Å²) < 4.78 is 80.7. The van der Waals surface area contributed by atoms with E-state index in [1.54, 1.807) is 13.8 Å². The Morgan fingerprint density at radius 2 is 1.40 bits per heavy atom. The number of rotatable bonds is 4. The molecule has 0 fully saturated rings. The van der Waals surface area contributed by atoms with E-state index in [0.717, 1.165) is 0 Å². The van der Waals surface area contributed by atoms with Gasteiger partial charge in [0.15, 0.2) is 0 Å². The van der Waals surface area contributed by atoms with Crippen molar-refractivity contribution < 1.29 is 31.1 Å². The van der Waals surface area contributed by atoms with Crippen LogP contribution < -0.4 is 0 Å². The molecule has 0 aliphatic rings. The molecule has 0 heterocycles. The first-order valence-electron chi connectivity index (χ1n) is 5.94. The van der Waals surface area contributed by atoms with Gasteiger partial charge in [-0.15, -0.1) is 0 Å². The third kappa shape index (κ3) is 4.70. The van der Waals surface area contributed by atoms with Crippen molar-refractivity contribution in [2.24, 2.45) is 0 Å². The number of halogens is 6. The van der Waals surface area contributed by atoms with Crippen molar-refractivity contribution in [1.29, 1.82) is 0 Å². The summed E-state index contributed by atoms with van der Waals surface area (Å²) in [6, 6.07) is 1.46. The molecule has 1 nitrogen and oxygen atoms in total. The lowest BCUT2D eigenvalue weighted by Crippen LogP contribution is -2.13. The molecule has 0 aliphatic carbocycles. The summed E-state index contributed by atoms with van der Waals surface area (Å²) in [6.45, 7) is 3.21. The molecule has 20 heavy (non-hydrogen) atoms. The van der Waals surface area contributed by atoms with Crippen LogP contribution in [-0.4, -0.2) is 6.10 Å². The Morgan fingerprint density at radius 3 is 1.75 bits per heavy atom. The van der Waals surface area contributed by atoms with Gasteiger partial charge in [0, 0.05) is 0 Å². The number of hydrogen-bond donors (Lipinski definition) is 0. The second kappa shape index (κ2) is 6.03. The van der Waals surface area contributed by atoms with Gasteiger partial charge in [0.25, 0.3) is 0 Å². The topological polar surface area (TPSA) is 9.23 Å². The van der Waals surface area contributed by atoms with Gasteiger partial charge in [-0.1, -0.05) is 6.92 Å². The van der Waals surface area contributed by atoms with Crippen molar-refractivity contribution in [3.8, 4) is 0 Å². The molecule has 114 valence electrons. The minimum Gasteiger partial charge on any atom is -0.374 e. The highest BCUT2D eigenvalue weighted by molar-refractivity contribution is 5.33. The van der Waals surface area contributed by atoms with E-state index in [2.05, 4.69) is 0 Å². The van der Waals surface area contributed by atoms with E-state index < -0.39 is 23.5 Å². The Labute approximate surface area is 112 Å². The van der Waals surface area contributed by atoms with E-state index in [0.29, 0.717) is 18.6 Å². The SMILES string of the molecule is CCC(C)OCc1cc(C(F)(F)F)cc(C(F)(F)F)c1. The summed E-state index contributed by atoms with van der Waals surface area (Å²) >= 11 is 0. The average molecular weight is 300 g/mol. The van der Waals surface area contributed by atoms with Crippen LogP contribution in [0.1, 0.15) is 37.0 Å². The molecule has 7 heteroatoms. The quantitative estimate of drug-likeness (QED) is 0.708. The number of benzene rings is 1. The lowest BCUT2D eigenvalue weighted by molar-refractivity contribution is -0.143. The van der Waals surface area contributed by atoms with E-state index in [4.69, 9.17) is 4.74 Å². The largest absolute Gasteiger partial charge is 0.416 e. The Balaban J connectivity index is 3.11. The van der Waals surface area contributed by atoms with Crippen LogP contribution in [0, 0.1) is 0 Å². The standard InChI is InChI=1S/C13H14F6O/c1-3-8(2)20-7-9-4-10(12(14,15)16)6-11(5-9)13(17,18)19/h4-6,8H,3,7H2,1-2H3. The molecule has 1 aromatic carbocycles. The third-order valence-corrected chi connectivity index (χ3v) is 2.76. The van der Waals surface area contributed by atoms with E-state index in [1.807, 2.05) is 0 Å². The van der Waals surface area contributed by atoms with E-state index >= 15 is 0 Å². The second-order valence-corrected chi connectivity index (χ2v) is 4.44. The Bertz CT molecular complexity index is 417. The molecule has 0 saturated carbocycles. The third-order valence-electron chi connectivity index (χ3n) is 2.76. The zero-order valence-electron chi connectivity index (χ0n) is 10.9. The van der Waals surface area contributed by atoms with Gasteiger partial charge in [0.2, 0.25) is 0 Å². The minimum absolute atomic E-state index is 0.104. The number of ether oxygens (including phenoxy) is 1. The molecule has 0 aliphatic heterocycles. The summed E-state index contributed by atoms with van der Waals surface area (Å²) in [5.41, 5.74) is -2.79. The van der Waals surface area contributed by atoms with Crippen molar-refractivity contribution in [1.82, 2.24) is 0 Å². The summed E-state index contributed by atoms with van der Waals surface area (Å²) in [4.78, 5) is 0. The predicted molar refractivity (Wildman–Crippen MR) is 61.0 cm³/mol. The van der Waals surface area contributed by atoms with Crippen molar-refractivity contribution >= 4 is 0 Å². The summed E-state index contributed by atoms with van der Waals surface area (Å²) in [7, 11) is 0. The maximum atomic E-state index is 12.6. The van der Waals surface area contributed by atoms with Crippen LogP contribution in [0.3, 0.4) is 0 Å². The first kappa shape index (κ1) is 16.8. The molecule has 0 bridgehead atoms. The molecular formula is C13H14F6O. The smallest absolute Gasteiger partial charge is 0.374 e. The highest BCUT2D eigenvalue weighted by Crippen LogP contribution is 2.36. The van der Waals surface area contributed by atoms with Crippen LogP contribution in [0.2, 0.25) is 0 Å². The molecule has 0 spiro atoms. The maximum Gasteiger partial charge on any atom is 0.416 e. The first-order valence-corrected chi connectivity index (χ1v) is 5.94. The molecule has 1 atom stereocenters. The van der Waals surface area contributed by atoms with Gasteiger partial charge in [0.1, 0.15) is 0 Å². The highest BCUT2D eigenvalue weighted by Gasteiger charge is 2.36. The monoisotopic (exact) mass is 300 g/mol. The molecule has 0 N–H and O–H groups in total. The second-order valence-electron chi connectivity index (χ2n) is 4.44. The fraction of sp³-hybridized carbons (Fsp3) is 0.538. The number of alkyl halides is 6. The Morgan fingerprint density at radius 1 is 0.950 bits per heavy atom. The van der Waals surface area contributed by atoms with Gasteiger partial charge in [-0.3, -0.25) is 0 Å². The van der Waals surface area contributed by atoms with Crippen LogP contribution in [0.4, 0.5) is 26.3 Å². The number of hydrogen-bond acceptors (Lipinski definition) is 1. The minimum atomic E-state index is -4.83. The molecule has 1 unspecified atom stereocenters. The normalized spacial score (nSPS) is 14.4. The van der Waals surface area contributed by atoms with Crippen molar-refractivity contribution in [3.63, 3.8) is 0 Å². The van der Waals surface area contributed by atoms with E-state index in [-0.39, 0.29) is 24.3 Å². The fourth-order valence-corrected chi connectivity index (χ4v) is 1.46. The van der Waals surface area contributed by atoms with Gasteiger partial charge in [0.05, 0.1) is 23.8 Å². The summed E-state index contributed by atoms with van der Waals surface area (Å²) in [6.07, 6.45) is -9.27. The molecular weight excluding hydrogens is 286 g/mol. The Hall–Kier alpha value is -1.24.